The second-order valence-corrected chi connectivity index (χ2v) is 5.14. The zero-order valence-electron chi connectivity index (χ0n) is 10.6. The van der Waals surface area contributed by atoms with E-state index in [1.54, 1.807) is 6.07 Å². The van der Waals surface area contributed by atoms with E-state index in [1.165, 1.54) is 0 Å². The molecule has 2 nitrogen and oxygen atoms in total. The Morgan fingerprint density at radius 1 is 1.11 bits per heavy atom. The van der Waals surface area contributed by atoms with Gasteiger partial charge >= 0.3 is 0 Å². The highest BCUT2D eigenvalue weighted by molar-refractivity contribution is 6.42. The van der Waals surface area contributed by atoms with Crippen molar-refractivity contribution >= 4 is 23.2 Å². The fraction of sp³-hybridized carbons (Fsp3) is 0.200. The van der Waals surface area contributed by atoms with Gasteiger partial charge in [-0.2, -0.15) is 0 Å². The molecule has 0 bridgehead atoms. The molecule has 2 aromatic carbocycles. The van der Waals surface area contributed by atoms with E-state index in [0.29, 0.717) is 16.7 Å². The minimum absolute atomic E-state index is 0.0245. The Morgan fingerprint density at radius 3 is 2.42 bits per heavy atom. The van der Waals surface area contributed by atoms with Crippen molar-refractivity contribution in [3.05, 3.63) is 63.6 Å². The maximum Gasteiger partial charge on any atom is 0.119 e. The maximum atomic E-state index is 6.10. The Kier molecular flexibility index (Phi) is 4.70. The summed E-state index contributed by atoms with van der Waals surface area (Å²) in [7, 11) is 0. The summed E-state index contributed by atoms with van der Waals surface area (Å²) in [6, 6.07) is 13.2. The molecule has 0 amide bonds. The van der Waals surface area contributed by atoms with Crippen LogP contribution in [0.1, 0.15) is 24.1 Å². The lowest BCUT2D eigenvalue weighted by Gasteiger charge is -2.10. The average molecular weight is 296 g/mol. The number of halogens is 2. The fourth-order valence-corrected chi connectivity index (χ4v) is 2.06. The van der Waals surface area contributed by atoms with Gasteiger partial charge in [-0.05, 0) is 30.7 Å². The Hall–Kier alpha value is -1.22. The summed E-state index contributed by atoms with van der Waals surface area (Å²) in [5, 5.41) is 1.08. The van der Waals surface area contributed by atoms with Crippen LogP contribution in [0.15, 0.2) is 42.5 Å². The van der Waals surface area contributed by atoms with Crippen molar-refractivity contribution in [3.63, 3.8) is 0 Å². The molecule has 19 heavy (non-hydrogen) atoms. The number of benzene rings is 2. The molecule has 100 valence electrons. The van der Waals surface area contributed by atoms with Crippen molar-refractivity contribution in [2.75, 3.05) is 0 Å². The van der Waals surface area contributed by atoms with Gasteiger partial charge in [-0.25, -0.2) is 0 Å². The first-order chi connectivity index (χ1) is 9.08. The summed E-state index contributed by atoms with van der Waals surface area (Å²) in [6.07, 6.45) is 0. The van der Waals surface area contributed by atoms with E-state index in [4.69, 9.17) is 33.7 Å². The Bertz CT molecular complexity index is 553. The van der Waals surface area contributed by atoms with Gasteiger partial charge in [0, 0.05) is 11.6 Å². The Morgan fingerprint density at radius 2 is 1.79 bits per heavy atom. The Labute approximate surface area is 123 Å². The van der Waals surface area contributed by atoms with Crippen molar-refractivity contribution < 1.29 is 4.74 Å². The van der Waals surface area contributed by atoms with Crippen LogP contribution >= 0.6 is 23.2 Å². The van der Waals surface area contributed by atoms with E-state index in [2.05, 4.69) is 0 Å². The molecular weight excluding hydrogens is 281 g/mol. The van der Waals surface area contributed by atoms with Crippen LogP contribution in [0.3, 0.4) is 0 Å². The van der Waals surface area contributed by atoms with Gasteiger partial charge in [0.15, 0.2) is 0 Å². The molecule has 0 aliphatic carbocycles. The second-order valence-electron chi connectivity index (χ2n) is 4.36. The van der Waals surface area contributed by atoms with Gasteiger partial charge in [0.2, 0.25) is 0 Å². The van der Waals surface area contributed by atoms with Gasteiger partial charge in [-0.1, -0.05) is 47.5 Å². The predicted octanol–water partition coefficient (Wildman–Crippen LogP) is 4.59. The highest BCUT2D eigenvalue weighted by Gasteiger charge is 2.05. The number of hydrogen-bond acceptors (Lipinski definition) is 2. The first-order valence-electron chi connectivity index (χ1n) is 5.99. The topological polar surface area (TPSA) is 35.2 Å². The van der Waals surface area contributed by atoms with E-state index >= 15 is 0 Å². The number of nitrogens with two attached hydrogens (primary N) is 1. The summed E-state index contributed by atoms with van der Waals surface area (Å²) < 4.78 is 5.68. The summed E-state index contributed by atoms with van der Waals surface area (Å²) in [5.74, 6) is 0.778. The highest BCUT2D eigenvalue weighted by atomic mass is 35.5. The van der Waals surface area contributed by atoms with Crippen LogP contribution in [0.2, 0.25) is 10.0 Å². The van der Waals surface area contributed by atoms with E-state index < -0.39 is 0 Å². The van der Waals surface area contributed by atoms with Gasteiger partial charge < -0.3 is 10.5 Å². The second kappa shape index (κ2) is 6.29. The van der Waals surface area contributed by atoms with Gasteiger partial charge in [0.05, 0.1) is 10.0 Å². The molecule has 0 saturated heterocycles. The zero-order chi connectivity index (χ0) is 13.8. The molecule has 2 aromatic rings. The van der Waals surface area contributed by atoms with Crippen LogP contribution in [0.25, 0.3) is 0 Å². The van der Waals surface area contributed by atoms with E-state index in [1.807, 2.05) is 43.3 Å². The lowest BCUT2D eigenvalue weighted by atomic mass is 10.1. The van der Waals surface area contributed by atoms with Crippen LogP contribution in [0.5, 0.6) is 5.75 Å². The fourth-order valence-electron chi connectivity index (χ4n) is 1.69. The quantitative estimate of drug-likeness (QED) is 0.895. The summed E-state index contributed by atoms with van der Waals surface area (Å²) in [5.41, 5.74) is 7.74. The van der Waals surface area contributed by atoms with E-state index in [9.17, 15) is 0 Å². The third-order valence-corrected chi connectivity index (χ3v) is 3.69. The molecule has 0 aliphatic rings. The molecule has 0 spiro atoms. The van der Waals surface area contributed by atoms with Crippen molar-refractivity contribution in [3.8, 4) is 5.75 Å². The largest absolute Gasteiger partial charge is 0.489 e. The third-order valence-electron chi connectivity index (χ3n) is 2.83. The standard InChI is InChI=1S/C15H15Cl2NO/c1-10(18)11-5-7-13(8-6-11)19-9-12-3-2-4-14(16)15(12)17/h2-8,10H,9,18H2,1H3/t10-/m0/s1. The van der Waals surface area contributed by atoms with Crippen molar-refractivity contribution in [1.82, 2.24) is 0 Å². The average Bonchev–Trinajstić information content (AvgIpc) is 2.41. The summed E-state index contributed by atoms with van der Waals surface area (Å²) in [6.45, 7) is 2.33. The Balaban J connectivity index is 2.04. The molecule has 2 rings (SSSR count). The van der Waals surface area contributed by atoms with Gasteiger partial charge in [0.25, 0.3) is 0 Å². The van der Waals surface area contributed by atoms with Crippen LogP contribution in [-0.4, -0.2) is 0 Å². The van der Waals surface area contributed by atoms with Crippen molar-refractivity contribution in [2.24, 2.45) is 5.73 Å². The van der Waals surface area contributed by atoms with Crippen LogP contribution in [0, 0.1) is 0 Å². The predicted molar refractivity (Wildman–Crippen MR) is 79.8 cm³/mol. The number of ether oxygens (including phenoxy) is 1. The number of hydrogen-bond donors (Lipinski definition) is 1. The van der Waals surface area contributed by atoms with Gasteiger partial charge in [-0.3, -0.25) is 0 Å². The molecule has 0 heterocycles. The van der Waals surface area contributed by atoms with E-state index in [-0.39, 0.29) is 6.04 Å². The maximum absolute atomic E-state index is 6.10. The SMILES string of the molecule is C[C@H](N)c1ccc(OCc2cccc(Cl)c2Cl)cc1. The first-order valence-corrected chi connectivity index (χ1v) is 6.74. The summed E-state index contributed by atoms with van der Waals surface area (Å²) in [4.78, 5) is 0. The minimum atomic E-state index is 0.0245. The molecule has 0 fully saturated rings. The lowest BCUT2D eigenvalue weighted by molar-refractivity contribution is 0.306. The van der Waals surface area contributed by atoms with Crippen LogP contribution in [0.4, 0.5) is 0 Å². The minimum Gasteiger partial charge on any atom is -0.489 e. The molecule has 0 unspecified atom stereocenters. The lowest BCUT2D eigenvalue weighted by Crippen LogP contribution is -2.04. The van der Waals surface area contributed by atoms with Gasteiger partial charge in [-0.15, -0.1) is 0 Å². The first kappa shape index (κ1) is 14.2. The molecule has 0 saturated carbocycles. The molecule has 2 N–H and O–H groups in total. The summed E-state index contributed by atoms with van der Waals surface area (Å²) >= 11 is 12.0. The molecule has 0 aliphatic heterocycles. The highest BCUT2D eigenvalue weighted by Crippen LogP contribution is 2.26. The molecule has 4 heteroatoms. The molecule has 1 atom stereocenters. The molecule has 0 radical (unpaired) electrons. The van der Waals surface area contributed by atoms with Crippen LogP contribution < -0.4 is 10.5 Å². The van der Waals surface area contributed by atoms with Crippen molar-refractivity contribution in [1.29, 1.82) is 0 Å². The normalized spacial score (nSPS) is 12.2. The third kappa shape index (κ3) is 3.63. The van der Waals surface area contributed by atoms with E-state index in [0.717, 1.165) is 16.9 Å². The molecular formula is C15H15Cl2NO. The van der Waals surface area contributed by atoms with Crippen molar-refractivity contribution in [2.45, 2.75) is 19.6 Å². The monoisotopic (exact) mass is 295 g/mol. The van der Waals surface area contributed by atoms with Crippen LogP contribution in [-0.2, 0) is 6.61 Å². The molecule has 0 aromatic heterocycles. The zero-order valence-corrected chi connectivity index (χ0v) is 12.1. The van der Waals surface area contributed by atoms with Gasteiger partial charge in [0.1, 0.15) is 12.4 Å². The number of rotatable bonds is 4. The smallest absolute Gasteiger partial charge is 0.119 e.